The van der Waals surface area contributed by atoms with Gasteiger partial charge in [0.05, 0.1) is 16.1 Å². The van der Waals surface area contributed by atoms with Gasteiger partial charge in [0.25, 0.3) is 0 Å². The molecule has 1 saturated heterocycles. The summed E-state index contributed by atoms with van der Waals surface area (Å²) in [4.78, 5) is 19.9. The zero-order chi connectivity index (χ0) is 19.5. The van der Waals surface area contributed by atoms with Crippen LogP contribution < -0.4 is 10.2 Å². The van der Waals surface area contributed by atoms with E-state index in [1.165, 1.54) is 21.4 Å². The summed E-state index contributed by atoms with van der Waals surface area (Å²) in [5.74, 6) is 0.216. The molecule has 0 spiro atoms. The first-order valence-electron chi connectivity index (χ1n) is 10.0. The van der Waals surface area contributed by atoms with Crippen molar-refractivity contribution in [2.75, 3.05) is 24.5 Å². The topological polar surface area (TPSA) is 45.2 Å². The Hall–Kier alpha value is -2.40. The summed E-state index contributed by atoms with van der Waals surface area (Å²) in [6.07, 6.45) is 2.86. The minimum atomic E-state index is 0.0411. The van der Waals surface area contributed by atoms with E-state index in [2.05, 4.69) is 48.3 Å². The zero-order valence-electron chi connectivity index (χ0n) is 16.6. The van der Waals surface area contributed by atoms with Crippen molar-refractivity contribution in [2.45, 2.75) is 33.1 Å². The number of anilines is 1. The van der Waals surface area contributed by atoms with Gasteiger partial charge in [-0.2, -0.15) is 0 Å². The minimum absolute atomic E-state index is 0.0411. The fraction of sp³-hybridized carbons (Fsp3) is 0.391. The molecule has 0 aliphatic carbocycles. The normalized spacial score (nSPS) is 17.1. The van der Waals surface area contributed by atoms with E-state index in [1.54, 1.807) is 11.3 Å². The molecule has 0 saturated carbocycles. The van der Waals surface area contributed by atoms with Crippen LogP contribution in [0, 0.1) is 19.8 Å². The Bertz CT molecular complexity index is 967. The van der Waals surface area contributed by atoms with Crippen LogP contribution in [0.1, 0.15) is 29.5 Å². The van der Waals surface area contributed by atoms with Gasteiger partial charge in [0.15, 0.2) is 5.13 Å². The molecular weight excluding hydrogens is 366 g/mol. The van der Waals surface area contributed by atoms with Gasteiger partial charge in [-0.15, -0.1) is 0 Å². The maximum absolute atomic E-state index is 12.7. The number of carbonyl (C=O) groups is 1. The van der Waals surface area contributed by atoms with Crippen LogP contribution in [0.15, 0.2) is 42.5 Å². The highest BCUT2D eigenvalue weighted by Crippen LogP contribution is 2.33. The first-order valence-corrected chi connectivity index (χ1v) is 10.9. The highest BCUT2D eigenvalue weighted by Gasteiger charge is 2.27. The number of amides is 1. The molecule has 1 N–H and O–H groups in total. The van der Waals surface area contributed by atoms with Gasteiger partial charge < -0.3 is 10.2 Å². The van der Waals surface area contributed by atoms with Crippen LogP contribution in [0.4, 0.5) is 5.13 Å². The van der Waals surface area contributed by atoms with Crippen molar-refractivity contribution in [3.63, 3.8) is 0 Å². The number of fused-ring (bicyclic) bond motifs is 1. The van der Waals surface area contributed by atoms with Crippen molar-refractivity contribution < 1.29 is 4.79 Å². The van der Waals surface area contributed by atoms with E-state index in [1.807, 2.05) is 18.2 Å². The lowest BCUT2D eigenvalue weighted by Crippen LogP contribution is -2.43. The molecule has 5 heteroatoms. The molecule has 3 aromatic rings. The van der Waals surface area contributed by atoms with E-state index in [4.69, 9.17) is 4.98 Å². The average molecular weight is 394 g/mol. The first-order chi connectivity index (χ1) is 13.6. The Kier molecular flexibility index (Phi) is 5.62. The Morgan fingerprint density at radius 1 is 1.25 bits per heavy atom. The van der Waals surface area contributed by atoms with Gasteiger partial charge in [-0.1, -0.05) is 47.7 Å². The van der Waals surface area contributed by atoms with E-state index in [9.17, 15) is 4.79 Å². The van der Waals surface area contributed by atoms with E-state index in [0.717, 1.165) is 43.0 Å². The number of nitrogens with zero attached hydrogens (tertiary/aromatic N) is 2. The van der Waals surface area contributed by atoms with Crippen LogP contribution in [0.3, 0.4) is 0 Å². The predicted octanol–water partition coefficient (Wildman–Crippen LogP) is 4.49. The van der Waals surface area contributed by atoms with Gasteiger partial charge in [0.2, 0.25) is 5.91 Å². The van der Waals surface area contributed by atoms with Gasteiger partial charge in [-0.3, -0.25) is 4.79 Å². The molecule has 1 aromatic heterocycles. The second kappa shape index (κ2) is 8.31. The quantitative estimate of drug-likeness (QED) is 0.695. The van der Waals surface area contributed by atoms with Gasteiger partial charge in [0, 0.05) is 19.6 Å². The summed E-state index contributed by atoms with van der Waals surface area (Å²) < 4.78 is 1.24. The van der Waals surface area contributed by atoms with E-state index in [-0.39, 0.29) is 11.8 Å². The maximum Gasteiger partial charge on any atom is 0.224 e. The smallest absolute Gasteiger partial charge is 0.224 e. The fourth-order valence-corrected chi connectivity index (χ4v) is 5.15. The second-order valence-electron chi connectivity index (χ2n) is 7.74. The average Bonchev–Trinajstić information content (AvgIpc) is 3.13. The van der Waals surface area contributed by atoms with Crippen molar-refractivity contribution >= 4 is 32.6 Å². The van der Waals surface area contributed by atoms with Crippen molar-refractivity contribution in [2.24, 2.45) is 5.92 Å². The highest BCUT2D eigenvalue weighted by molar-refractivity contribution is 7.22. The van der Waals surface area contributed by atoms with Gasteiger partial charge in [0.1, 0.15) is 0 Å². The third-order valence-corrected chi connectivity index (χ3v) is 6.50. The van der Waals surface area contributed by atoms with Crippen LogP contribution in [-0.2, 0) is 11.2 Å². The second-order valence-corrected chi connectivity index (χ2v) is 8.75. The maximum atomic E-state index is 12.7. The molecule has 4 nitrogen and oxygen atoms in total. The van der Waals surface area contributed by atoms with Crippen LogP contribution in [0.5, 0.6) is 0 Å². The van der Waals surface area contributed by atoms with Gasteiger partial charge >= 0.3 is 0 Å². The molecule has 1 fully saturated rings. The Morgan fingerprint density at radius 2 is 2.07 bits per heavy atom. The number of aromatic nitrogens is 1. The number of hydrogen-bond donors (Lipinski definition) is 1. The van der Waals surface area contributed by atoms with Crippen molar-refractivity contribution in [1.82, 2.24) is 10.3 Å². The molecular formula is C23H27N3OS. The number of aryl methyl sites for hydroxylation is 2. The minimum Gasteiger partial charge on any atom is -0.355 e. The number of benzene rings is 2. The summed E-state index contributed by atoms with van der Waals surface area (Å²) in [7, 11) is 0. The molecule has 0 unspecified atom stereocenters. The molecule has 28 heavy (non-hydrogen) atoms. The first kappa shape index (κ1) is 18.9. The SMILES string of the molecule is Cc1cc(C)c2nc(N3CCC[C@@H](C(=O)NCCc4ccccc4)C3)sc2c1. The summed E-state index contributed by atoms with van der Waals surface area (Å²) in [5.41, 5.74) is 4.85. The third-order valence-electron chi connectivity index (χ3n) is 5.44. The van der Waals surface area contributed by atoms with E-state index >= 15 is 0 Å². The molecule has 0 bridgehead atoms. The lowest BCUT2D eigenvalue weighted by Gasteiger charge is -2.31. The lowest BCUT2D eigenvalue weighted by atomic mass is 9.97. The Balaban J connectivity index is 1.38. The van der Waals surface area contributed by atoms with Gasteiger partial charge in [-0.05, 0) is 55.9 Å². The van der Waals surface area contributed by atoms with Crippen LogP contribution in [0.25, 0.3) is 10.2 Å². The van der Waals surface area contributed by atoms with Crippen LogP contribution >= 0.6 is 11.3 Å². The molecule has 1 aliphatic heterocycles. The largest absolute Gasteiger partial charge is 0.355 e. The molecule has 2 heterocycles. The predicted molar refractivity (Wildman–Crippen MR) is 117 cm³/mol. The molecule has 4 rings (SSSR count). The van der Waals surface area contributed by atoms with Crippen molar-refractivity contribution in [3.05, 3.63) is 59.2 Å². The number of piperidine rings is 1. The highest BCUT2D eigenvalue weighted by atomic mass is 32.1. The summed E-state index contributed by atoms with van der Waals surface area (Å²) in [5, 5.41) is 4.18. The van der Waals surface area contributed by atoms with Crippen molar-refractivity contribution in [1.29, 1.82) is 0 Å². The molecule has 146 valence electrons. The van der Waals surface area contributed by atoms with Gasteiger partial charge in [-0.25, -0.2) is 4.98 Å². The molecule has 1 amide bonds. The lowest BCUT2D eigenvalue weighted by molar-refractivity contribution is -0.125. The standard InChI is InChI=1S/C23H27N3OS/c1-16-13-17(2)21-20(14-16)28-23(25-21)26-12-6-9-19(15-26)22(27)24-11-10-18-7-4-3-5-8-18/h3-5,7-8,13-14,19H,6,9-12,15H2,1-2H3,(H,24,27)/t19-/m1/s1. The number of nitrogens with one attached hydrogen (secondary N) is 1. The molecule has 1 atom stereocenters. The molecule has 2 aromatic carbocycles. The Morgan fingerprint density at radius 3 is 2.89 bits per heavy atom. The number of carbonyl (C=O) groups excluding carboxylic acids is 1. The van der Waals surface area contributed by atoms with E-state index < -0.39 is 0 Å². The number of thiazole rings is 1. The summed E-state index contributed by atoms with van der Waals surface area (Å²) >= 11 is 1.74. The number of hydrogen-bond acceptors (Lipinski definition) is 4. The number of rotatable bonds is 5. The summed E-state index contributed by atoms with van der Waals surface area (Å²) in [6.45, 7) is 6.68. The monoisotopic (exact) mass is 393 g/mol. The Labute approximate surface area is 170 Å². The molecule has 1 aliphatic rings. The third kappa shape index (κ3) is 4.20. The zero-order valence-corrected chi connectivity index (χ0v) is 17.4. The van der Waals surface area contributed by atoms with Crippen LogP contribution in [0.2, 0.25) is 0 Å². The van der Waals surface area contributed by atoms with E-state index in [0.29, 0.717) is 6.54 Å². The van der Waals surface area contributed by atoms with Crippen LogP contribution in [-0.4, -0.2) is 30.5 Å². The molecule has 0 radical (unpaired) electrons. The van der Waals surface area contributed by atoms with Crippen molar-refractivity contribution in [3.8, 4) is 0 Å². The summed E-state index contributed by atoms with van der Waals surface area (Å²) in [6, 6.07) is 14.7. The fourth-order valence-electron chi connectivity index (χ4n) is 3.98.